The number of nitrogens with zero attached hydrogens (tertiary/aromatic N) is 3. The van der Waals surface area contributed by atoms with Crippen molar-refractivity contribution < 1.29 is 15.3 Å². The lowest BCUT2D eigenvalue weighted by molar-refractivity contribution is -0.312. The molecule has 0 spiro atoms. The highest BCUT2D eigenvalue weighted by atomic mass is 16.7. The Bertz CT molecular complexity index is 606. The Morgan fingerprint density at radius 1 is 1.28 bits per heavy atom. The van der Waals surface area contributed by atoms with E-state index in [2.05, 4.69) is 25.3 Å². The molecule has 0 unspecified atom stereocenters. The van der Waals surface area contributed by atoms with Crippen molar-refractivity contribution >= 4 is 17.1 Å². The largest absolute Gasteiger partial charge is 0.355 e. The van der Waals surface area contributed by atoms with Gasteiger partial charge in [-0.15, -0.1) is 0 Å². The summed E-state index contributed by atoms with van der Waals surface area (Å²) < 4.78 is 0. The average Bonchev–Trinajstić information content (AvgIpc) is 2.27. The molecule has 0 bridgehead atoms. The van der Waals surface area contributed by atoms with Crippen molar-refractivity contribution in [1.29, 1.82) is 0 Å². The molecule has 96 valence electrons. The van der Waals surface area contributed by atoms with Crippen LogP contribution in [0.1, 0.15) is 6.42 Å². The van der Waals surface area contributed by atoms with Gasteiger partial charge in [-0.25, -0.2) is 9.97 Å². The normalized spacial score (nSPS) is 11.7. The second kappa shape index (κ2) is 4.64. The number of aromatic amines is 1. The van der Waals surface area contributed by atoms with Crippen molar-refractivity contribution in [3.05, 3.63) is 22.7 Å². The quantitative estimate of drug-likeness (QED) is 0.399. The molecule has 0 aliphatic carbocycles. The second-order valence-corrected chi connectivity index (χ2v) is 3.59. The molecule has 0 atom stereocenters. The van der Waals surface area contributed by atoms with Gasteiger partial charge in [-0.1, -0.05) is 0 Å². The predicted molar refractivity (Wildman–Crippen MR) is 60.4 cm³/mol. The zero-order valence-corrected chi connectivity index (χ0v) is 9.16. The fourth-order valence-corrected chi connectivity index (χ4v) is 1.31. The number of H-pyrrole nitrogens is 1. The zero-order chi connectivity index (χ0) is 13.2. The first kappa shape index (κ1) is 12.4. The third kappa shape index (κ3) is 2.97. The average molecular weight is 253 g/mol. The SMILES string of the molecule is O=c1[nH]c(NCCC(O)(O)O)nc2nccnc12. The minimum absolute atomic E-state index is 0.00178. The van der Waals surface area contributed by atoms with Gasteiger partial charge >= 0.3 is 0 Å². The van der Waals surface area contributed by atoms with Gasteiger partial charge in [0.2, 0.25) is 5.95 Å². The van der Waals surface area contributed by atoms with E-state index >= 15 is 0 Å². The van der Waals surface area contributed by atoms with Crippen LogP contribution in [0.5, 0.6) is 0 Å². The van der Waals surface area contributed by atoms with Gasteiger partial charge in [0.15, 0.2) is 11.2 Å². The van der Waals surface area contributed by atoms with Gasteiger partial charge in [0.25, 0.3) is 11.5 Å². The predicted octanol–water partition coefficient (Wildman–Crippen LogP) is -1.85. The van der Waals surface area contributed by atoms with Crippen LogP contribution in [-0.2, 0) is 0 Å². The molecule has 9 heteroatoms. The highest BCUT2D eigenvalue weighted by Crippen LogP contribution is 2.04. The second-order valence-electron chi connectivity index (χ2n) is 3.59. The van der Waals surface area contributed by atoms with Crippen LogP contribution in [0.25, 0.3) is 11.2 Å². The molecule has 9 nitrogen and oxygen atoms in total. The van der Waals surface area contributed by atoms with Gasteiger partial charge in [0, 0.05) is 25.4 Å². The van der Waals surface area contributed by atoms with Crippen LogP contribution < -0.4 is 10.9 Å². The van der Waals surface area contributed by atoms with Gasteiger partial charge in [0.05, 0.1) is 0 Å². The molecule has 0 saturated heterocycles. The zero-order valence-electron chi connectivity index (χ0n) is 9.16. The highest BCUT2D eigenvalue weighted by molar-refractivity contribution is 5.68. The third-order valence-electron chi connectivity index (χ3n) is 2.10. The number of rotatable bonds is 4. The van der Waals surface area contributed by atoms with Gasteiger partial charge in [-0.3, -0.25) is 9.78 Å². The molecule has 2 aromatic heterocycles. The first-order chi connectivity index (χ1) is 8.46. The molecule has 0 amide bonds. The van der Waals surface area contributed by atoms with Gasteiger partial charge in [0.1, 0.15) is 0 Å². The lowest BCUT2D eigenvalue weighted by Crippen LogP contribution is -2.30. The standard InChI is InChI=1S/C9H11N5O4/c15-7-5-6(11-4-3-10-5)13-8(14-7)12-2-1-9(16,17)18/h3-4,16-18H,1-2H2,(H2,11,12,13,14,15). The van der Waals surface area contributed by atoms with E-state index in [4.69, 9.17) is 15.3 Å². The van der Waals surface area contributed by atoms with Crippen molar-refractivity contribution in [3.8, 4) is 0 Å². The molecule has 2 heterocycles. The Kier molecular flexibility index (Phi) is 3.19. The van der Waals surface area contributed by atoms with E-state index in [0.717, 1.165) is 0 Å². The highest BCUT2D eigenvalue weighted by Gasteiger charge is 2.17. The Hall–Kier alpha value is -2.10. The van der Waals surface area contributed by atoms with E-state index in [9.17, 15) is 4.79 Å². The summed E-state index contributed by atoms with van der Waals surface area (Å²) in [7, 11) is 0. The maximum absolute atomic E-state index is 11.6. The molecule has 2 aromatic rings. The maximum Gasteiger partial charge on any atom is 0.280 e. The minimum Gasteiger partial charge on any atom is -0.355 e. The summed E-state index contributed by atoms with van der Waals surface area (Å²) in [5, 5.41) is 28.7. The fourth-order valence-electron chi connectivity index (χ4n) is 1.31. The number of fused-ring (bicyclic) bond motifs is 1. The lowest BCUT2D eigenvalue weighted by Gasteiger charge is -2.13. The number of hydrogen-bond donors (Lipinski definition) is 5. The first-order valence-corrected chi connectivity index (χ1v) is 5.08. The molecular weight excluding hydrogens is 242 g/mol. The summed E-state index contributed by atoms with van der Waals surface area (Å²) in [6, 6.07) is 0. The van der Waals surface area contributed by atoms with E-state index < -0.39 is 11.5 Å². The molecule has 5 N–H and O–H groups in total. The lowest BCUT2D eigenvalue weighted by atomic mass is 10.4. The summed E-state index contributed by atoms with van der Waals surface area (Å²) in [6.45, 7) is -0.00178. The monoisotopic (exact) mass is 253 g/mol. The van der Waals surface area contributed by atoms with E-state index in [-0.39, 0.29) is 30.1 Å². The third-order valence-corrected chi connectivity index (χ3v) is 2.10. The molecule has 18 heavy (non-hydrogen) atoms. The van der Waals surface area contributed by atoms with Crippen molar-refractivity contribution in [3.63, 3.8) is 0 Å². The van der Waals surface area contributed by atoms with Crippen LogP contribution >= 0.6 is 0 Å². The fraction of sp³-hybridized carbons (Fsp3) is 0.333. The Morgan fingerprint density at radius 2 is 2.00 bits per heavy atom. The molecule has 2 rings (SSSR count). The van der Waals surface area contributed by atoms with Crippen LogP contribution in [-0.4, -0.2) is 47.8 Å². The summed E-state index contributed by atoms with van der Waals surface area (Å²) >= 11 is 0. The molecule has 0 radical (unpaired) electrons. The molecule has 0 aliphatic heterocycles. The van der Waals surface area contributed by atoms with Gasteiger partial charge in [-0.05, 0) is 0 Å². The van der Waals surface area contributed by atoms with Crippen molar-refractivity contribution in [2.75, 3.05) is 11.9 Å². The Balaban J connectivity index is 2.17. The summed E-state index contributed by atoms with van der Waals surface area (Å²) in [5.74, 6) is -2.65. The summed E-state index contributed by atoms with van der Waals surface area (Å²) in [4.78, 5) is 25.7. The van der Waals surface area contributed by atoms with Gasteiger partial charge in [-0.2, -0.15) is 4.98 Å². The summed E-state index contributed by atoms with van der Waals surface area (Å²) in [5.41, 5.74) is -0.172. The Labute approximate surface area is 100 Å². The van der Waals surface area contributed by atoms with E-state index in [1.807, 2.05) is 0 Å². The number of hydrogen-bond acceptors (Lipinski definition) is 8. The van der Waals surface area contributed by atoms with E-state index in [0.29, 0.717) is 0 Å². The topological polar surface area (TPSA) is 144 Å². The van der Waals surface area contributed by atoms with Crippen LogP contribution in [0.3, 0.4) is 0 Å². The number of nitrogens with one attached hydrogen (secondary N) is 2. The molecule has 0 fully saturated rings. The van der Waals surface area contributed by atoms with Crippen molar-refractivity contribution in [2.45, 2.75) is 12.4 Å². The van der Waals surface area contributed by atoms with Gasteiger partial charge < -0.3 is 20.6 Å². The number of aromatic nitrogens is 4. The molecule has 0 saturated carbocycles. The van der Waals surface area contributed by atoms with Crippen LogP contribution in [0, 0.1) is 0 Å². The molecule has 0 aromatic carbocycles. The maximum atomic E-state index is 11.6. The van der Waals surface area contributed by atoms with E-state index in [1.165, 1.54) is 12.4 Å². The van der Waals surface area contributed by atoms with Crippen molar-refractivity contribution in [1.82, 2.24) is 19.9 Å². The number of aliphatic hydroxyl groups is 3. The van der Waals surface area contributed by atoms with Crippen LogP contribution in [0.2, 0.25) is 0 Å². The molecule has 0 aliphatic rings. The van der Waals surface area contributed by atoms with E-state index in [1.54, 1.807) is 0 Å². The van der Waals surface area contributed by atoms with Crippen LogP contribution in [0.15, 0.2) is 17.2 Å². The minimum atomic E-state index is -2.76. The molecular formula is C9H11N5O4. The Morgan fingerprint density at radius 3 is 2.72 bits per heavy atom. The summed E-state index contributed by atoms with van der Waals surface area (Å²) in [6.07, 6.45) is 2.43. The van der Waals surface area contributed by atoms with Crippen LogP contribution in [0.4, 0.5) is 5.95 Å². The smallest absolute Gasteiger partial charge is 0.280 e. The number of anilines is 1. The van der Waals surface area contributed by atoms with Crippen molar-refractivity contribution in [2.24, 2.45) is 0 Å². The first-order valence-electron chi connectivity index (χ1n) is 5.08.